The SMILES string of the molecule is CC(=O)N(C)C[N+](C)(C)O.CC(=O)N(C)C[N+]1(O)CCC(F)(F)CC1.CC(=O)N(C)C[N+]1(O)CCCCC1.CC(=O)N(C)C[N+]1(O)CCOCC1. The number of halogens is 2. The van der Waals surface area contributed by atoms with Crippen LogP contribution in [-0.2, 0) is 23.9 Å². The zero-order chi connectivity index (χ0) is 39.8. The molecule has 0 bridgehead atoms. The third-order valence-electron chi connectivity index (χ3n) is 8.87. The van der Waals surface area contributed by atoms with Crippen LogP contribution in [0.4, 0.5) is 8.78 Å². The Morgan fingerprint density at radius 3 is 1.22 bits per heavy atom. The van der Waals surface area contributed by atoms with Crippen molar-refractivity contribution in [2.45, 2.75) is 65.7 Å². The zero-order valence-corrected chi connectivity index (χ0v) is 32.7. The molecule has 0 atom stereocenters. The van der Waals surface area contributed by atoms with Crippen molar-refractivity contribution in [3.8, 4) is 0 Å². The van der Waals surface area contributed by atoms with E-state index in [2.05, 4.69) is 0 Å². The molecule has 3 rings (SSSR count). The van der Waals surface area contributed by atoms with Crippen LogP contribution in [0, 0.1) is 0 Å². The van der Waals surface area contributed by atoms with Crippen LogP contribution in [0.3, 0.4) is 0 Å². The number of hydroxylamine groups is 12. The monoisotopic (exact) mass is 747 g/mol. The van der Waals surface area contributed by atoms with Crippen LogP contribution in [0.2, 0.25) is 0 Å². The lowest BCUT2D eigenvalue weighted by molar-refractivity contribution is -1.11. The summed E-state index contributed by atoms with van der Waals surface area (Å²) in [7, 11) is 9.84. The van der Waals surface area contributed by atoms with Gasteiger partial charge in [0.25, 0.3) is 5.92 Å². The van der Waals surface area contributed by atoms with E-state index in [0.717, 1.165) is 25.9 Å². The highest BCUT2D eigenvalue weighted by Gasteiger charge is 2.44. The molecule has 0 aromatic heterocycles. The number of rotatable bonds is 8. The molecule has 3 aliphatic rings. The maximum Gasteiger partial charge on any atom is 0.259 e. The van der Waals surface area contributed by atoms with E-state index in [1.807, 2.05) is 0 Å². The predicted molar refractivity (Wildman–Crippen MR) is 181 cm³/mol. The van der Waals surface area contributed by atoms with Crippen LogP contribution < -0.4 is 0 Å². The lowest BCUT2D eigenvalue weighted by atomic mass is 10.1. The lowest BCUT2D eigenvalue weighted by Crippen LogP contribution is -2.57. The van der Waals surface area contributed by atoms with Gasteiger partial charge >= 0.3 is 0 Å². The molecule has 3 aliphatic heterocycles. The van der Waals surface area contributed by atoms with Crippen molar-refractivity contribution < 1.29 is 72.1 Å². The number of ether oxygens (including phenoxy) is 1. The average molecular weight is 747 g/mol. The van der Waals surface area contributed by atoms with E-state index in [4.69, 9.17) is 4.74 Å². The highest BCUT2D eigenvalue weighted by Crippen LogP contribution is 2.30. The molecule has 19 heteroatoms. The van der Waals surface area contributed by atoms with Crippen molar-refractivity contribution >= 4 is 23.6 Å². The Bertz CT molecular complexity index is 1050. The summed E-state index contributed by atoms with van der Waals surface area (Å²) in [5, 5.41) is 39.1. The van der Waals surface area contributed by atoms with Gasteiger partial charge in [0.05, 0.1) is 40.2 Å². The molecule has 4 N–H and O–H groups in total. The number of hydrogen-bond acceptors (Lipinski definition) is 9. The Morgan fingerprint density at radius 2 is 0.922 bits per heavy atom. The van der Waals surface area contributed by atoms with Crippen LogP contribution in [0.25, 0.3) is 0 Å². The maximum absolute atomic E-state index is 12.8. The summed E-state index contributed by atoms with van der Waals surface area (Å²) in [5.74, 6) is -2.91. The zero-order valence-electron chi connectivity index (χ0n) is 32.7. The van der Waals surface area contributed by atoms with Crippen molar-refractivity contribution in [3.05, 3.63) is 0 Å². The lowest BCUT2D eigenvalue weighted by Gasteiger charge is -2.38. The number of quaternary nitrogens is 4. The number of nitrogens with zero attached hydrogens (tertiary/aromatic N) is 8. The first-order valence-corrected chi connectivity index (χ1v) is 17.3. The van der Waals surface area contributed by atoms with E-state index in [0.29, 0.717) is 46.3 Å². The van der Waals surface area contributed by atoms with Crippen molar-refractivity contribution in [1.29, 1.82) is 0 Å². The van der Waals surface area contributed by atoms with Crippen molar-refractivity contribution in [3.63, 3.8) is 0 Å². The number of likely N-dealkylation sites (tertiary alicyclic amines) is 2. The summed E-state index contributed by atoms with van der Waals surface area (Å²) in [5.41, 5.74) is 0. The number of carbonyl (C=O) groups is 4. The second-order valence-corrected chi connectivity index (χ2v) is 14.7. The smallest absolute Gasteiger partial charge is 0.259 e. The van der Waals surface area contributed by atoms with Gasteiger partial charge in [0.1, 0.15) is 39.3 Å². The number of carbonyl (C=O) groups excluding carboxylic acids is 4. The second-order valence-electron chi connectivity index (χ2n) is 14.7. The molecule has 0 aromatic carbocycles. The molecule has 0 saturated carbocycles. The topological polar surface area (TPSA) is 171 Å². The first kappa shape index (κ1) is 48.4. The molecule has 0 radical (unpaired) electrons. The van der Waals surface area contributed by atoms with Crippen LogP contribution in [0.15, 0.2) is 0 Å². The van der Waals surface area contributed by atoms with Gasteiger partial charge < -0.3 is 4.74 Å². The predicted octanol–water partition coefficient (Wildman–Crippen LogP) is 1.42. The summed E-state index contributed by atoms with van der Waals surface area (Å²) >= 11 is 0. The van der Waals surface area contributed by atoms with Crippen LogP contribution in [-0.4, -0.2) is 210 Å². The fraction of sp³-hybridized carbons (Fsp3) is 0.875. The molecule has 300 valence electrons. The highest BCUT2D eigenvalue weighted by molar-refractivity contribution is 5.73. The molecule has 3 heterocycles. The number of morpholine rings is 1. The van der Waals surface area contributed by atoms with Gasteiger partial charge in [-0.15, -0.1) is 0 Å². The van der Waals surface area contributed by atoms with Crippen molar-refractivity contribution in [2.24, 2.45) is 0 Å². The van der Waals surface area contributed by atoms with Crippen molar-refractivity contribution in [2.75, 3.05) is 121 Å². The molecular formula is C32H68F2N8O9+4. The van der Waals surface area contributed by atoms with Crippen LogP contribution >= 0.6 is 0 Å². The standard InChI is InChI=1S/C9H17F2N2O2.C9H19N2O2.C8H17N2O3.C6H15N2O2/c1-8(14)12(2)7-13(15)5-3-9(10,11)4-6-13;1-9(12)10(2)8-11(13)6-4-3-5-7-11;1-8(11)9(2)7-10(12)3-5-13-6-4-10;1-6(9)7(2)5-8(3,4)10/h15H,3-7H2,1-2H3;13H,3-8H2,1-2H3;12H,3-7H2,1-2H3;10H,5H2,1-4H3/q4*+1. The molecule has 4 amide bonds. The Balaban J connectivity index is 0.000000660. The molecule has 0 aromatic rings. The summed E-state index contributed by atoms with van der Waals surface area (Å²) < 4.78 is 30.1. The number of piperidine rings is 2. The van der Waals surface area contributed by atoms with E-state index >= 15 is 0 Å². The highest BCUT2D eigenvalue weighted by atomic mass is 19.3. The molecule has 0 spiro atoms. The first-order valence-electron chi connectivity index (χ1n) is 17.3. The number of amides is 4. The van der Waals surface area contributed by atoms with E-state index in [-0.39, 0.29) is 70.2 Å². The molecule has 51 heavy (non-hydrogen) atoms. The van der Waals surface area contributed by atoms with Crippen LogP contribution in [0.1, 0.15) is 59.8 Å². The van der Waals surface area contributed by atoms with Gasteiger partial charge in [-0.3, -0.25) is 38.8 Å². The third kappa shape index (κ3) is 21.5. The van der Waals surface area contributed by atoms with E-state index in [1.165, 1.54) is 48.8 Å². The Labute approximate surface area is 302 Å². The molecular weight excluding hydrogens is 678 g/mol. The fourth-order valence-electron chi connectivity index (χ4n) is 5.29. The van der Waals surface area contributed by atoms with Gasteiger partial charge in [-0.1, -0.05) is 0 Å². The minimum atomic E-state index is -2.67. The molecule has 3 fully saturated rings. The van der Waals surface area contributed by atoms with Gasteiger partial charge in [-0.2, -0.15) is 18.6 Å². The average Bonchev–Trinajstić information content (AvgIpc) is 2.99. The fourth-order valence-corrected chi connectivity index (χ4v) is 5.29. The first-order chi connectivity index (χ1) is 23.1. The van der Waals surface area contributed by atoms with Crippen molar-refractivity contribution in [1.82, 2.24) is 19.6 Å². The van der Waals surface area contributed by atoms with Gasteiger partial charge in [0.2, 0.25) is 23.6 Å². The Hall–Kier alpha value is -2.62. The van der Waals surface area contributed by atoms with E-state index < -0.39 is 10.6 Å². The molecule has 3 saturated heterocycles. The third-order valence-corrected chi connectivity index (χ3v) is 8.87. The number of hydrogen-bond donors (Lipinski definition) is 4. The van der Waals surface area contributed by atoms with Gasteiger partial charge in [0.15, 0.2) is 26.7 Å². The number of alkyl halides is 2. The second kappa shape index (κ2) is 21.2. The largest absolute Gasteiger partial charge is 0.370 e. The normalized spacial score (nSPS) is 19.9. The quantitative estimate of drug-likeness (QED) is 0.163. The maximum atomic E-state index is 12.8. The molecule has 0 unspecified atom stereocenters. The minimum absolute atomic E-state index is 0.00931. The molecule has 0 aliphatic carbocycles. The Morgan fingerprint density at radius 1 is 0.608 bits per heavy atom. The summed E-state index contributed by atoms with van der Waals surface area (Å²) in [6, 6.07) is 0. The summed E-state index contributed by atoms with van der Waals surface area (Å²) in [6.07, 6.45) is 2.67. The Kier molecular flexibility index (Phi) is 20.1. The van der Waals surface area contributed by atoms with Crippen LogP contribution in [0.5, 0.6) is 0 Å². The molecule has 17 nitrogen and oxygen atoms in total. The van der Waals surface area contributed by atoms with Gasteiger partial charge in [0, 0.05) is 55.9 Å². The van der Waals surface area contributed by atoms with E-state index in [1.54, 1.807) is 47.2 Å². The van der Waals surface area contributed by atoms with E-state index in [9.17, 15) is 48.8 Å². The summed E-state index contributed by atoms with van der Waals surface area (Å²) in [4.78, 5) is 49.4. The van der Waals surface area contributed by atoms with Gasteiger partial charge in [-0.05, 0) is 19.3 Å². The summed E-state index contributed by atoms with van der Waals surface area (Å²) in [6.45, 7) is 10.8. The van der Waals surface area contributed by atoms with Gasteiger partial charge in [-0.25, -0.2) is 29.6 Å². The minimum Gasteiger partial charge on any atom is -0.370 e.